The molecule has 0 aliphatic carbocycles. The zero-order chi connectivity index (χ0) is 13.0. The van der Waals surface area contributed by atoms with E-state index < -0.39 is 0 Å². The van der Waals surface area contributed by atoms with Crippen molar-refractivity contribution in [3.63, 3.8) is 0 Å². The average molecular weight is 265 g/mol. The molecular formula is C14H19NO2S. The van der Waals surface area contributed by atoms with E-state index in [0.29, 0.717) is 23.5 Å². The fourth-order valence-corrected chi connectivity index (χ4v) is 3.28. The molecule has 0 saturated carbocycles. The van der Waals surface area contributed by atoms with Gasteiger partial charge in [0.25, 0.3) is 0 Å². The number of hydrogen-bond donors (Lipinski definition) is 1. The van der Waals surface area contributed by atoms with E-state index in [-0.39, 0.29) is 5.97 Å². The molecular weight excluding hydrogens is 246 g/mol. The SMILES string of the molecule is CCOC(=O)c1cccc(NC2CCSC2C)c1. The van der Waals surface area contributed by atoms with E-state index in [1.165, 1.54) is 12.2 Å². The van der Waals surface area contributed by atoms with Crippen LogP contribution in [0.5, 0.6) is 0 Å². The summed E-state index contributed by atoms with van der Waals surface area (Å²) in [5, 5.41) is 4.12. The van der Waals surface area contributed by atoms with Gasteiger partial charge in [-0.25, -0.2) is 4.79 Å². The topological polar surface area (TPSA) is 38.3 Å². The molecule has 18 heavy (non-hydrogen) atoms. The number of nitrogens with one attached hydrogen (secondary N) is 1. The van der Waals surface area contributed by atoms with Gasteiger partial charge in [-0.1, -0.05) is 13.0 Å². The second-order valence-corrected chi connectivity index (χ2v) is 5.90. The van der Waals surface area contributed by atoms with Crippen molar-refractivity contribution in [1.82, 2.24) is 0 Å². The van der Waals surface area contributed by atoms with Crippen molar-refractivity contribution in [2.24, 2.45) is 0 Å². The van der Waals surface area contributed by atoms with E-state index >= 15 is 0 Å². The summed E-state index contributed by atoms with van der Waals surface area (Å²) in [5.74, 6) is 0.950. The van der Waals surface area contributed by atoms with Crippen LogP contribution in [0.15, 0.2) is 24.3 Å². The van der Waals surface area contributed by atoms with Crippen molar-refractivity contribution in [3.05, 3.63) is 29.8 Å². The first kappa shape index (κ1) is 13.3. The molecule has 1 fully saturated rings. The zero-order valence-electron chi connectivity index (χ0n) is 10.8. The van der Waals surface area contributed by atoms with Gasteiger partial charge in [0.15, 0.2) is 0 Å². The summed E-state index contributed by atoms with van der Waals surface area (Å²) in [7, 11) is 0. The van der Waals surface area contributed by atoms with Gasteiger partial charge < -0.3 is 10.1 Å². The van der Waals surface area contributed by atoms with Crippen LogP contribution in [0.3, 0.4) is 0 Å². The molecule has 1 aromatic carbocycles. The summed E-state index contributed by atoms with van der Waals surface area (Å²) in [4.78, 5) is 11.6. The van der Waals surface area contributed by atoms with E-state index in [4.69, 9.17) is 4.74 Å². The first-order valence-corrected chi connectivity index (χ1v) is 7.41. The molecule has 1 aromatic rings. The Morgan fingerprint density at radius 1 is 1.56 bits per heavy atom. The number of benzene rings is 1. The standard InChI is InChI=1S/C14H19NO2S/c1-3-17-14(16)11-5-4-6-12(9-11)15-13-7-8-18-10(13)2/h4-6,9-10,13,15H,3,7-8H2,1-2H3. The molecule has 0 radical (unpaired) electrons. The van der Waals surface area contributed by atoms with Gasteiger partial charge in [0, 0.05) is 17.0 Å². The third kappa shape index (κ3) is 3.19. The molecule has 1 aliphatic rings. The predicted octanol–water partition coefficient (Wildman–Crippen LogP) is 3.17. The monoisotopic (exact) mass is 265 g/mol. The van der Waals surface area contributed by atoms with Crippen LogP contribution in [0.1, 0.15) is 30.6 Å². The Morgan fingerprint density at radius 3 is 3.06 bits per heavy atom. The molecule has 1 N–H and O–H groups in total. The molecule has 2 unspecified atom stereocenters. The highest BCUT2D eigenvalue weighted by atomic mass is 32.2. The molecule has 0 amide bonds. The van der Waals surface area contributed by atoms with Gasteiger partial charge >= 0.3 is 5.97 Å². The number of thioether (sulfide) groups is 1. The summed E-state index contributed by atoms with van der Waals surface area (Å²) in [5.41, 5.74) is 1.61. The fourth-order valence-electron chi connectivity index (χ4n) is 2.09. The molecule has 0 bridgehead atoms. The van der Waals surface area contributed by atoms with Crippen molar-refractivity contribution < 1.29 is 9.53 Å². The third-order valence-corrected chi connectivity index (χ3v) is 4.43. The van der Waals surface area contributed by atoms with Gasteiger partial charge in [0.2, 0.25) is 0 Å². The minimum atomic E-state index is -0.255. The van der Waals surface area contributed by atoms with E-state index in [1.807, 2.05) is 36.9 Å². The Bertz CT molecular complexity index is 422. The van der Waals surface area contributed by atoms with Crippen molar-refractivity contribution in [3.8, 4) is 0 Å². The lowest BCUT2D eigenvalue weighted by molar-refractivity contribution is 0.0526. The van der Waals surface area contributed by atoms with Gasteiger partial charge in [-0.05, 0) is 37.3 Å². The van der Waals surface area contributed by atoms with Gasteiger partial charge in [-0.15, -0.1) is 0 Å². The highest BCUT2D eigenvalue weighted by Gasteiger charge is 2.23. The fraction of sp³-hybridized carbons (Fsp3) is 0.500. The van der Waals surface area contributed by atoms with Crippen LogP contribution >= 0.6 is 11.8 Å². The number of rotatable bonds is 4. The predicted molar refractivity (Wildman–Crippen MR) is 76.3 cm³/mol. The lowest BCUT2D eigenvalue weighted by Crippen LogP contribution is -2.24. The normalized spacial score (nSPS) is 22.8. The van der Waals surface area contributed by atoms with E-state index in [2.05, 4.69) is 12.2 Å². The van der Waals surface area contributed by atoms with Crippen LogP contribution in [-0.4, -0.2) is 29.6 Å². The molecule has 0 spiro atoms. The Kier molecular flexibility index (Phi) is 4.53. The van der Waals surface area contributed by atoms with E-state index in [9.17, 15) is 4.79 Å². The highest BCUT2D eigenvalue weighted by molar-refractivity contribution is 8.00. The largest absolute Gasteiger partial charge is 0.462 e. The zero-order valence-corrected chi connectivity index (χ0v) is 11.6. The Labute approximate surface area is 112 Å². The number of esters is 1. The average Bonchev–Trinajstić information content (AvgIpc) is 2.76. The maximum atomic E-state index is 11.6. The molecule has 2 rings (SSSR count). The smallest absolute Gasteiger partial charge is 0.338 e. The maximum Gasteiger partial charge on any atom is 0.338 e. The minimum Gasteiger partial charge on any atom is -0.462 e. The number of carbonyl (C=O) groups excluding carboxylic acids is 1. The molecule has 1 aliphatic heterocycles. The molecule has 4 heteroatoms. The first-order chi connectivity index (χ1) is 8.70. The quantitative estimate of drug-likeness (QED) is 0.849. The molecule has 1 saturated heterocycles. The molecule has 3 nitrogen and oxygen atoms in total. The number of ether oxygens (including phenoxy) is 1. The number of carbonyl (C=O) groups is 1. The summed E-state index contributed by atoms with van der Waals surface area (Å²) >= 11 is 1.99. The van der Waals surface area contributed by atoms with Crippen molar-refractivity contribution in [2.45, 2.75) is 31.6 Å². The van der Waals surface area contributed by atoms with Crippen LogP contribution in [0.25, 0.3) is 0 Å². The number of hydrogen-bond acceptors (Lipinski definition) is 4. The number of anilines is 1. The molecule has 2 atom stereocenters. The molecule has 98 valence electrons. The minimum absolute atomic E-state index is 0.255. The summed E-state index contributed by atoms with van der Waals surface area (Å²) in [6.45, 7) is 4.47. The maximum absolute atomic E-state index is 11.6. The third-order valence-electron chi connectivity index (χ3n) is 3.10. The summed E-state index contributed by atoms with van der Waals surface area (Å²) in [6.07, 6.45) is 1.18. The van der Waals surface area contributed by atoms with Gasteiger partial charge in [0.05, 0.1) is 12.2 Å². The summed E-state index contributed by atoms with van der Waals surface area (Å²) in [6, 6.07) is 8.04. The van der Waals surface area contributed by atoms with Crippen LogP contribution in [-0.2, 0) is 4.74 Å². The van der Waals surface area contributed by atoms with Crippen LogP contribution in [0.4, 0.5) is 5.69 Å². The lowest BCUT2D eigenvalue weighted by Gasteiger charge is -2.18. The van der Waals surface area contributed by atoms with Crippen molar-refractivity contribution in [1.29, 1.82) is 0 Å². The van der Waals surface area contributed by atoms with Crippen molar-refractivity contribution in [2.75, 3.05) is 17.7 Å². The van der Waals surface area contributed by atoms with Crippen LogP contribution in [0.2, 0.25) is 0 Å². The molecule has 0 aromatic heterocycles. The second kappa shape index (κ2) is 6.14. The Morgan fingerprint density at radius 2 is 2.39 bits per heavy atom. The Balaban J connectivity index is 2.05. The second-order valence-electron chi connectivity index (χ2n) is 4.42. The molecule has 1 heterocycles. The van der Waals surface area contributed by atoms with Gasteiger partial charge in [0.1, 0.15) is 0 Å². The van der Waals surface area contributed by atoms with Crippen LogP contribution < -0.4 is 5.32 Å². The van der Waals surface area contributed by atoms with E-state index in [1.54, 1.807) is 6.07 Å². The van der Waals surface area contributed by atoms with Gasteiger partial charge in [-0.2, -0.15) is 11.8 Å². The summed E-state index contributed by atoms with van der Waals surface area (Å²) < 4.78 is 5.00. The Hall–Kier alpha value is -1.16. The van der Waals surface area contributed by atoms with Gasteiger partial charge in [-0.3, -0.25) is 0 Å². The van der Waals surface area contributed by atoms with E-state index in [0.717, 1.165) is 5.69 Å². The lowest BCUT2D eigenvalue weighted by atomic mass is 10.1. The highest BCUT2D eigenvalue weighted by Crippen LogP contribution is 2.29. The van der Waals surface area contributed by atoms with Crippen molar-refractivity contribution >= 4 is 23.4 Å². The first-order valence-electron chi connectivity index (χ1n) is 6.36. The van der Waals surface area contributed by atoms with Crippen LogP contribution in [0, 0.1) is 0 Å².